The van der Waals surface area contributed by atoms with Crippen LogP contribution in [0.4, 0.5) is 13.2 Å². The first-order valence-corrected chi connectivity index (χ1v) is 6.61. The molecule has 7 heteroatoms. The Morgan fingerprint density at radius 3 is 2.19 bits per heavy atom. The molecule has 0 N–H and O–H groups in total. The molecular formula is C9H17F3O3S. The second-order valence-corrected chi connectivity index (χ2v) is 5.22. The van der Waals surface area contributed by atoms with Gasteiger partial charge in [-0.3, -0.25) is 4.18 Å². The third kappa shape index (κ3) is 5.69. The molecule has 0 spiro atoms. The van der Waals surface area contributed by atoms with Crippen molar-refractivity contribution < 1.29 is 25.8 Å². The topological polar surface area (TPSA) is 43.4 Å². The molecule has 1 unspecified atom stereocenters. The molecule has 0 saturated carbocycles. The zero-order valence-electron chi connectivity index (χ0n) is 9.38. The summed E-state index contributed by atoms with van der Waals surface area (Å²) >= 11 is 0. The number of halogens is 3. The van der Waals surface area contributed by atoms with Crippen LogP contribution in [-0.2, 0) is 14.3 Å². The van der Waals surface area contributed by atoms with E-state index in [0.717, 1.165) is 19.3 Å². The summed E-state index contributed by atoms with van der Waals surface area (Å²) in [6.45, 7) is 3.34. The Kier molecular flexibility index (Phi) is 6.32. The Bertz CT molecular complexity index is 285. The number of alkyl halides is 3. The number of rotatable bonds is 7. The van der Waals surface area contributed by atoms with Gasteiger partial charge in [-0.1, -0.05) is 32.6 Å². The summed E-state index contributed by atoms with van der Waals surface area (Å²) in [6, 6.07) is 0. The van der Waals surface area contributed by atoms with Gasteiger partial charge in [-0.05, 0) is 13.3 Å². The molecule has 0 rings (SSSR count). The molecule has 0 bridgehead atoms. The predicted octanol–water partition coefficient (Wildman–Crippen LogP) is 3.21. The van der Waals surface area contributed by atoms with Gasteiger partial charge in [0, 0.05) is 0 Å². The van der Waals surface area contributed by atoms with Crippen molar-refractivity contribution in [3.05, 3.63) is 0 Å². The summed E-state index contributed by atoms with van der Waals surface area (Å²) in [5, 5.41) is 0. The van der Waals surface area contributed by atoms with E-state index in [1.54, 1.807) is 0 Å². The lowest BCUT2D eigenvalue weighted by Crippen LogP contribution is -2.28. The molecule has 0 aromatic heterocycles. The number of hydrogen-bond acceptors (Lipinski definition) is 3. The smallest absolute Gasteiger partial charge is 0.260 e. The standard InChI is InChI=1S/C9H17F3O3S/c1-3-4-5-6-7-8(2)15-16(13,14)9(10,11)12/h8H,3-7H2,1-2H3. The van der Waals surface area contributed by atoms with Crippen molar-refractivity contribution in [3.8, 4) is 0 Å². The van der Waals surface area contributed by atoms with Crippen LogP contribution >= 0.6 is 0 Å². The zero-order chi connectivity index (χ0) is 12.8. The van der Waals surface area contributed by atoms with Crippen LogP contribution in [0.1, 0.15) is 46.0 Å². The van der Waals surface area contributed by atoms with E-state index in [4.69, 9.17) is 0 Å². The van der Waals surface area contributed by atoms with E-state index in [9.17, 15) is 21.6 Å². The lowest BCUT2D eigenvalue weighted by molar-refractivity contribution is -0.0570. The summed E-state index contributed by atoms with van der Waals surface area (Å²) < 4.78 is 61.0. The van der Waals surface area contributed by atoms with Crippen LogP contribution in [-0.4, -0.2) is 20.0 Å². The van der Waals surface area contributed by atoms with Gasteiger partial charge in [0.05, 0.1) is 6.10 Å². The van der Waals surface area contributed by atoms with Crippen LogP contribution in [0.3, 0.4) is 0 Å². The first kappa shape index (κ1) is 15.7. The fourth-order valence-corrected chi connectivity index (χ4v) is 1.82. The Balaban J connectivity index is 4.01. The lowest BCUT2D eigenvalue weighted by Gasteiger charge is -2.14. The minimum Gasteiger partial charge on any atom is -0.260 e. The molecule has 0 aliphatic carbocycles. The van der Waals surface area contributed by atoms with Crippen LogP contribution in [0, 0.1) is 0 Å². The van der Waals surface area contributed by atoms with Crippen LogP contribution < -0.4 is 0 Å². The average molecular weight is 262 g/mol. The number of hydrogen-bond donors (Lipinski definition) is 0. The van der Waals surface area contributed by atoms with Crippen LogP contribution in [0.15, 0.2) is 0 Å². The lowest BCUT2D eigenvalue weighted by atomic mass is 10.1. The first-order chi connectivity index (χ1) is 7.20. The molecule has 1 atom stereocenters. The fraction of sp³-hybridized carbons (Fsp3) is 1.00. The van der Waals surface area contributed by atoms with Crippen molar-refractivity contribution in [2.24, 2.45) is 0 Å². The second kappa shape index (κ2) is 6.44. The van der Waals surface area contributed by atoms with Gasteiger partial charge in [0.15, 0.2) is 0 Å². The molecule has 0 aliphatic rings. The van der Waals surface area contributed by atoms with Crippen molar-refractivity contribution in [1.29, 1.82) is 0 Å². The van der Waals surface area contributed by atoms with E-state index in [-0.39, 0.29) is 0 Å². The quantitative estimate of drug-likeness (QED) is 0.402. The molecule has 0 amide bonds. The summed E-state index contributed by atoms with van der Waals surface area (Å²) in [5.41, 5.74) is -5.33. The molecule has 0 aliphatic heterocycles. The van der Waals surface area contributed by atoms with Crippen molar-refractivity contribution in [2.45, 2.75) is 57.6 Å². The van der Waals surface area contributed by atoms with Gasteiger partial charge in [0.25, 0.3) is 0 Å². The third-order valence-corrected chi connectivity index (χ3v) is 3.19. The molecule has 0 aromatic rings. The molecule has 0 fully saturated rings. The van der Waals surface area contributed by atoms with Gasteiger partial charge in [0.2, 0.25) is 0 Å². The molecule has 3 nitrogen and oxygen atoms in total. The van der Waals surface area contributed by atoms with E-state index in [1.165, 1.54) is 6.92 Å². The number of unbranched alkanes of at least 4 members (excludes halogenated alkanes) is 3. The van der Waals surface area contributed by atoms with Crippen molar-refractivity contribution in [2.75, 3.05) is 0 Å². The van der Waals surface area contributed by atoms with Gasteiger partial charge < -0.3 is 0 Å². The minimum atomic E-state index is -5.44. The van der Waals surface area contributed by atoms with Gasteiger partial charge in [-0.15, -0.1) is 0 Å². The molecule has 98 valence electrons. The van der Waals surface area contributed by atoms with Crippen LogP contribution in [0.5, 0.6) is 0 Å². The zero-order valence-corrected chi connectivity index (χ0v) is 10.2. The van der Waals surface area contributed by atoms with Crippen molar-refractivity contribution >= 4 is 10.1 Å². The maximum absolute atomic E-state index is 11.9. The summed E-state index contributed by atoms with van der Waals surface area (Å²) in [7, 11) is -5.44. The molecule has 0 heterocycles. The average Bonchev–Trinajstić information content (AvgIpc) is 2.10. The summed E-state index contributed by atoms with van der Waals surface area (Å²) in [4.78, 5) is 0. The summed E-state index contributed by atoms with van der Waals surface area (Å²) in [6.07, 6.45) is 2.92. The van der Waals surface area contributed by atoms with Crippen molar-refractivity contribution in [3.63, 3.8) is 0 Å². The van der Waals surface area contributed by atoms with Gasteiger partial charge in [-0.2, -0.15) is 21.6 Å². The molecule has 0 radical (unpaired) electrons. The first-order valence-electron chi connectivity index (χ1n) is 5.20. The van der Waals surface area contributed by atoms with Crippen LogP contribution in [0.25, 0.3) is 0 Å². The minimum absolute atomic E-state index is 0.315. The molecule has 16 heavy (non-hydrogen) atoms. The highest BCUT2D eigenvalue weighted by Gasteiger charge is 2.48. The van der Waals surface area contributed by atoms with E-state index in [0.29, 0.717) is 12.8 Å². The highest BCUT2D eigenvalue weighted by Crippen LogP contribution is 2.26. The monoisotopic (exact) mass is 262 g/mol. The van der Waals surface area contributed by atoms with Gasteiger partial charge in [0.1, 0.15) is 0 Å². The molecule has 0 aromatic carbocycles. The Morgan fingerprint density at radius 2 is 1.75 bits per heavy atom. The van der Waals surface area contributed by atoms with Crippen LogP contribution in [0.2, 0.25) is 0 Å². The second-order valence-electron chi connectivity index (χ2n) is 3.66. The van der Waals surface area contributed by atoms with E-state index in [1.807, 2.05) is 6.92 Å². The Morgan fingerprint density at radius 1 is 1.19 bits per heavy atom. The maximum atomic E-state index is 11.9. The Hall–Kier alpha value is -0.300. The Labute approximate surface area is 94.1 Å². The molecular weight excluding hydrogens is 245 g/mol. The summed E-state index contributed by atoms with van der Waals surface area (Å²) in [5.74, 6) is 0. The van der Waals surface area contributed by atoms with E-state index >= 15 is 0 Å². The molecule has 0 saturated heterocycles. The largest absolute Gasteiger partial charge is 0.523 e. The SMILES string of the molecule is CCCCCCC(C)OS(=O)(=O)C(F)(F)F. The fourth-order valence-electron chi connectivity index (χ4n) is 1.18. The predicted molar refractivity (Wildman–Crippen MR) is 54.3 cm³/mol. The van der Waals surface area contributed by atoms with E-state index < -0.39 is 21.7 Å². The van der Waals surface area contributed by atoms with E-state index in [2.05, 4.69) is 4.18 Å². The third-order valence-electron chi connectivity index (χ3n) is 2.04. The highest BCUT2D eigenvalue weighted by atomic mass is 32.2. The van der Waals surface area contributed by atoms with Gasteiger partial charge in [-0.25, -0.2) is 0 Å². The van der Waals surface area contributed by atoms with Crippen molar-refractivity contribution in [1.82, 2.24) is 0 Å². The van der Waals surface area contributed by atoms with Gasteiger partial charge >= 0.3 is 15.6 Å². The highest BCUT2D eigenvalue weighted by molar-refractivity contribution is 7.87. The normalized spacial score (nSPS) is 15.1. The maximum Gasteiger partial charge on any atom is 0.523 e.